The Morgan fingerprint density at radius 1 is 1.26 bits per heavy atom. The zero-order valence-corrected chi connectivity index (χ0v) is 12.1. The molecular formula is C10H12BrF3N2O2S. The molecule has 1 rings (SSSR count). The standard InChI is InChI=1S/C10H12BrF3N2O2S/c11-8-5-9(7-15-6-8)19(17,18)16-4-2-1-3-10(12,13)14/h5-7,16H,1-4H2. The minimum atomic E-state index is -4.20. The van der Waals surface area contributed by atoms with Gasteiger partial charge >= 0.3 is 6.18 Å². The molecule has 1 heterocycles. The highest BCUT2D eigenvalue weighted by molar-refractivity contribution is 9.10. The van der Waals surface area contributed by atoms with E-state index in [-0.39, 0.29) is 24.3 Å². The predicted octanol–water partition coefficient (Wildman–Crippen LogP) is 2.86. The summed E-state index contributed by atoms with van der Waals surface area (Å²) in [7, 11) is -3.72. The molecule has 108 valence electrons. The van der Waals surface area contributed by atoms with Gasteiger partial charge in [0, 0.05) is 29.8 Å². The fraction of sp³-hybridized carbons (Fsp3) is 0.500. The molecule has 0 aliphatic carbocycles. The van der Waals surface area contributed by atoms with E-state index in [0.29, 0.717) is 4.47 Å². The zero-order valence-electron chi connectivity index (χ0n) is 9.74. The van der Waals surface area contributed by atoms with Gasteiger partial charge in [0.2, 0.25) is 10.0 Å². The summed E-state index contributed by atoms with van der Waals surface area (Å²) >= 11 is 3.09. The number of nitrogens with one attached hydrogen (secondary N) is 1. The van der Waals surface area contributed by atoms with Crippen LogP contribution in [0.3, 0.4) is 0 Å². The Balaban J connectivity index is 2.44. The van der Waals surface area contributed by atoms with E-state index in [0.717, 1.165) is 0 Å². The monoisotopic (exact) mass is 360 g/mol. The first-order valence-electron chi connectivity index (χ1n) is 5.38. The summed E-state index contributed by atoms with van der Waals surface area (Å²) < 4.78 is 61.9. The molecule has 0 aromatic carbocycles. The van der Waals surface area contributed by atoms with Crippen LogP contribution in [0.4, 0.5) is 13.2 Å². The summed E-state index contributed by atoms with van der Waals surface area (Å²) in [4.78, 5) is 3.68. The minimum Gasteiger partial charge on any atom is -0.262 e. The molecule has 0 amide bonds. The third-order valence-corrected chi connectivity index (χ3v) is 4.03. The summed E-state index contributed by atoms with van der Waals surface area (Å²) in [5, 5.41) is 0. The third kappa shape index (κ3) is 6.35. The summed E-state index contributed by atoms with van der Waals surface area (Å²) in [6.07, 6.45) is -2.49. The Labute approximate surface area is 117 Å². The highest BCUT2D eigenvalue weighted by Crippen LogP contribution is 2.22. The first kappa shape index (κ1) is 16.4. The Morgan fingerprint density at radius 2 is 1.95 bits per heavy atom. The van der Waals surface area contributed by atoms with Crippen LogP contribution in [0.15, 0.2) is 27.8 Å². The lowest BCUT2D eigenvalue weighted by atomic mass is 10.2. The van der Waals surface area contributed by atoms with Crippen molar-refractivity contribution in [3.63, 3.8) is 0 Å². The van der Waals surface area contributed by atoms with Crippen molar-refractivity contribution >= 4 is 26.0 Å². The number of hydrogen-bond acceptors (Lipinski definition) is 3. The van der Waals surface area contributed by atoms with Crippen LogP contribution in [-0.2, 0) is 10.0 Å². The van der Waals surface area contributed by atoms with Gasteiger partial charge in [0.15, 0.2) is 0 Å². The van der Waals surface area contributed by atoms with Crippen LogP contribution < -0.4 is 4.72 Å². The zero-order chi connectivity index (χ0) is 14.5. The summed E-state index contributed by atoms with van der Waals surface area (Å²) in [5.41, 5.74) is 0. The number of halogens is 4. The van der Waals surface area contributed by atoms with Gasteiger partial charge in [-0.1, -0.05) is 0 Å². The molecule has 0 unspecified atom stereocenters. The van der Waals surface area contributed by atoms with E-state index in [2.05, 4.69) is 25.6 Å². The van der Waals surface area contributed by atoms with Crippen LogP contribution >= 0.6 is 15.9 Å². The van der Waals surface area contributed by atoms with Crippen LogP contribution in [0, 0.1) is 0 Å². The summed E-state index contributed by atoms with van der Waals surface area (Å²) in [5.74, 6) is 0. The maximum absolute atomic E-state index is 11.9. The summed E-state index contributed by atoms with van der Waals surface area (Å²) in [6.45, 7) is -0.0368. The number of pyridine rings is 1. The smallest absolute Gasteiger partial charge is 0.262 e. The molecule has 0 saturated carbocycles. The number of alkyl halides is 3. The average Bonchev–Trinajstić information content (AvgIpc) is 2.27. The number of sulfonamides is 1. The van der Waals surface area contributed by atoms with Crippen molar-refractivity contribution in [1.82, 2.24) is 9.71 Å². The van der Waals surface area contributed by atoms with Crippen LogP contribution in [0.2, 0.25) is 0 Å². The van der Waals surface area contributed by atoms with E-state index < -0.39 is 22.6 Å². The first-order valence-corrected chi connectivity index (χ1v) is 7.65. The van der Waals surface area contributed by atoms with Crippen LogP contribution in [0.1, 0.15) is 19.3 Å². The van der Waals surface area contributed by atoms with E-state index in [1.807, 2.05) is 0 Å². The van der Waals surface area contributed by atoms with Gasteiger partial charge in [-0.3, -0.25) is 4.98 Å². The number of nitrogens with zero attached hydrogens (tertiary/aromatic N) is 1. The topological polar surface area (TPSA) is 59.1 Å². The molecule has 1 aromatic heterocycles. The molecule has 0 bridgehead atoms. The minimum absolute atomic E-state index is 0.0299. The molecule has 19 heavy (non-hydrogen) atoms. The molecule has 9 heteroatoms. The maximum atomic E-state index is 11.9. The van der Waals surface area contributed by atoms with Crippen LogP contribution in [-0.4, -0.2) is 26.1 Å². The van der Waals surface area contributed by atoms with Crippen molar-refractivity contribution in [3.05, 3.63) is 22.9 Å². The van der Waals surface area contributed by atoms with Crippen molar-refractivity contribution < 1.29 is 21.6 Å². The molecule has 0 aliphatic rings. The summed E-state index contributed by atoms with van der Waals surface area (Å²) in [6, 6.07) is 1.37. The second-order valence-electron chi connectivity index (χ2n) is 3.81. The second-order valence-corrected chi connectivity index (χ2v) is 6.49. The molecule has 0 saturated heterocycles. The second kappa shape index (κ2) is 6.67. The Hall–Kier alpha value is -0.670. The van der Waals surface area contributed by atoms with Crippen molar-refractivity contribution in [2.75, 3.05) is 6.54 Å². The van der Waals surface area contributed by atoms with E-state index in [9.17, 15) is 21.6 Å². The highest BCUT2D eigenvalue weighted by Gasteiger charge is 2.25. The van der Waals surface area contributed by atoms with Gasteiger partial charge in [-0.2, -0.15) is 13.2 Å². The normalized spacial score (nSPS) is 12.6. The lowest BCUT2D eigenvalue weighted by molar-refractivity contribution is -0.135. The fourth-order valence-electron chi connectivity index (χ4n) is 1.28. The van der Waals surface area contributed by atoms with Crippen molar-refractivity contribution in [3.8, 4) is 0 Å². The van der Waals surface area contributed by atoms with Gasteiger partial charge in [0.25, 0.3) is 0 Å². The van der Waals surface area contributed by atoms with Crippen molar-refractivity contribution in [2.45, 2.75) is 30.3 Å². The van der Waals surface area contributed by atoms with Gasteiger partial charge in [0.05, 0.1) is 0 Å². The molecule has 0 radical (unpaired) electrons. The lowest BCUT2D eigenvalue weighted by Crippen LogP contribution is -2.25. The lowest BCUT2D eigenvalue weighted by Gasteiger charge is -2.08. The predicted molar refractivity (Wildman–Crippen MR) is 67.0 cm³/mol. The van der Waals surface area contributed by atoms with E-state index in [1.54, 1.807) is 0 Å². The van der Waals surface area contributed by atoms with Gasteiger partial charge in [-0.25, -0.2) is 13.1 Å². The molecule has 0 atom stereocenters. The Bertz CT molecular complexity index is 520. The molecule has 1 aromatic rings. The van der Waals surface area contributed by atoms with Gasteiger partial charge in [0.1, 0.15) is 4.90 Å². The average molecular weight is 361 g/mol. The molecule has 0 fully saturated rings. The van der Waals surface area contributed by atoms with Gasteiger partial charge in [-0.05, 0) is 34.8 Å². The van der Waals surface area contributed by atoms with Gasteiger partial charge < -0.3 is 0 Å². The van der Waals surface area contributed by atoms with Gasteiger partial charge in [-0.15, -0.1) is 0 Å². The Morgan fingerprint density at radius 3 is 2.53 bits per heavy atom. The van der Waals surface area contributed by atoms with Crippen LogP contribution in [0.25, 0.3) is 0 Å². The number of hydrogen-bond donors (Lipinski definition) is 1. The fourth-order valence-corrected chi connectivity index (χ4v) is 2.86. The van der Waals surface area contributed by atoms with E-state index >= 15 is 0 Å². The molecule has 1 N–H and O–H groups in total. The SMILES string of the molecule is O=S(=O)(NCCCCC(F)(F)F)c1cncc(Br)c1. The van der Waals surface area contributed by atoms with Crippen molar-refractivity contribution in [1.29, 1.82) is 0 Å². The quantitative estimate of drug-likeness (QED) is 0.793. The first-order chi connectivity index (χ1) is 8.71. The van der Waals surface area contributed by atoms with Crippen LogP contribution in [0.5, 0.6) is 0 Å². The molecular weight excluding hydrogens is 349 g/mol. The van der Waals surface area contributed by atoms with E-state index in [4.69, 9.17) is 0 Å². The number of unbranched alkanes of at least 4 members (excludes halogenated alkanes) is 1. The van der Waals surface area contributed by atoms with Crippen molar-refractivity contribution in [2.24, 2.45) is 0 Å². The van der Waals surface area contributed by atoms with E-state index in [1.165, 1.54) is 18.5 Å². The number of aromatic nitrogens is 1. The number of rotatable bonds is 6. The largest absolute Gasteiger partial charge is 0.389 e. The molecule has 4 nitrogen and oxygen atoms in total. The Kier molecular flexibility index (Phi) is 5.75. The molecule has 0 aliphatic heterocycles. The highest BCUT2D eigenvalue weighted by atomic mass is 79.9. The molecule has 0 spiro atoms. The maximum Gasteiger partial charge on any atom is 0.389 e. The third-order valence-electron chi connectivity index (χ3n) is 2.17.